The predicted octanol–water partition coefficient (Wildman–Crippen LogP) is 1.53. The van der Waals surface area contributed by atoms with Gasteiger partial charge in [-0.05, 0) is 6.92 Å². The molecule has 0 aliphatic heterocycles. The van der Waals surface area contributed by atoms with Crippen LogP contribution in [0.5, 0.6) is 0 Å². The normalized spacial score (nSPS) is 11.4. The molecule has 22 heavy (non-hydrogen) atoms. The quantitative estimate of drug-likeness (QED) is 0.839. The number of aromatic nitrogens is 1. The van der Waals surface area contributed by atoms with Gasteiger partial charge in [-0.2, -0.15) is 0 Å². The minimum Gasteiger partial charge on any atom is -0.338 e. The highest BCUT2D eigenvalue weighted by atomic mass is 32.2. The van der Waals surface area contributed by atoms with Crippen molar-refractivity contribution in [1.29, 1.82) is 0 Å². The molecule has 0 bridgehead atoms. The van der Waals surface area contributed by atoms with Gasteiger partial charge in [0.1, 0.15) is 5.69 Å². The fraction of sp³-hybridized carbons (Fsp3) is 0.286. The Morgan fingerprint density at radius 2 is 1.95 bits per heavy atom. The van der Waals surface area contributed by atoms with Crippen LogP contribution in [0.15, 0.2) is 34.9 Å². The SMILES string of the molecule is Cc1c(-c2ccccc2)noc1NC(=O)CCNS(C)(=O)=O. The fourth-order valence-electron chi connectivity index (χ4n) is 1.86. The second-order valence-electron chi connectivity index (χ2n) is 4.82. The second kappa shape index (κ2) is 6.71. The van der Waals surface area contributed by atoms with Gasteiger partial charge in [0, 0.05) is 24.1 Å². The van der Waals surface area contributed by atoms with Crippen molar-refractivity contribution in [2.24, 2.45) is 0 Å². The lowest BCUT2D eigenvalue weighted by atomic mass is 10.1. The summed E-state index contributed by atoms with van der Waals surface area (Å²) < 4.78 is 29.2. The molecule has 1 aromatic heterocycles. The molecule has 0 radical (unpaired) electrons. The molecule has 0 atom stereocenters. The van der Waals surface area contributed by atoms with E-state index in [4.69, 9.17) is 4.52 Å². The molecule has 8 heteroatoms. The Bertz CT molecular complexity index is 754. The lowest BCUT2D eigenvalue weighted by molar-refractivity contribution is -0.116. The van der Waals surface area contributed by atoms with Crippen LogP contribution in [0.2, 0.25) is 0 Å². The van der Waals surface area contributed by atoms with E-state index in [9.17, 15) is 13.2 Å². The Labute approximate surface area is 128 Å². The molecule has 0 saturated heterocycles. The number of anilines is 1. The Morgan fingerprint density at radius 1 is 1.27 bits per heavy atom. The number of nitrogens with one attached hydrogen (secondary N) is 2. The summed E-state index contributed by atoms with van der Waals surface area (Å²) in [6.45, 7) is 1.83. The van der Waals surface area contributed by atoms with Gasteiger partial charge in [0.05, 0.1) is 6.26 Å². The predicted molar refractivity (Wildman–Crippen MR) is 82.8 cm³/mol. The first-order valence-electron chi connectivity index (χ1n) is 6.63. The Kier molecular flexibility index (Phi) is 4.94. The summed E-state index contributed by atoms with van der Waals surface area (Å²) in [5, 5.41) is 6.54. The molecule has 0 fully saturated rings. The Balaban J connectivity index is 2.00. The first kappa shape index (κ1) is 16.2. The van der Waals surface area contributed by atoms with Crippen LogP contribution >= 0.6 is 0 Å². The molecular weight excluding hydrogens is 306 g/mol. The van der Waals surface area contributed by atoms with Crippen LogP contribution in [0.4, 0.5) is 5.88 Å². The molecule has 0 aliphatic carbocycles. The molecule has 2 N–H and O–H groups in total. The minimum absolute atomic E-state index is 0.00782. The fourth-order valence-corrected chi connectivity index (χ4v) is 2.33. The van der Waals surface area contributed by atoms with Crippen molar-refractivity contribution in [3.8, 4) is 11.3 Å². The van der Waals surface area contributed by atoms with Crippen LogP contribution in [0.25, 0.3) is 11.3 Å². The zero-order valence-electron chi connectivity index (χ0n) is 12.3. The zero-order chi connectivity index (χ0) is 16.2. The summed E-state index contributed by atoms with van der Waals surface area (Å²) in [5.41, 5.74) is 2.27. The number of amides is 1. The first-order chi connectivity index (χ1) is 10.4. The van der Waals surface area contributed by atoms with Crippen molar-refractivity contribution in [2.75, 3.05) is 18.1 Å². The number of nitrogens with zero attached hydrogens (tertiary/aromatic N) is 1. The maximum Gasteiger partial charge on any atom is 0.234 e. The van der Waals surface area contributed by atoms with E-state index < -0.39 is 10.0 Å². The lowest BCUT2D eigenvalue weighted by Gasteiger charge is -2.03. The average molecular weight is 323 g/mol. The largest absolute Gasteiger partial charge is 0.338 e. The second-order valence-corrected chi connectivity index (χ2v) is 6.65. The van der Waals surface area contributed by atoms with Gasteiger partial charge in [-0.25, -0.2) is 13.1 Å². The number of carbonyl (C=O) groups is 1. The summed E-state index contributed by atoms with van der Waals surface area (Å²) in [7, 11) is -3.30. The van der Waals surface area contributed by atoms with E-state index in [0.717, 1.165) is 17.4 Å². The molecule has 2 rings (SSSR count). The van der Waals surface area contributed by atoms with Crippen molar-refractivity contribution in [1.82, 2.24) is 9.88 Å². The van der Waals surface area contributed by atoms with Crippen molar-refractivity contribution in [3.63, 3.8) is 0 Å². The molecular formula is C14H17N3O4S. The molecule has 0 saturated carbocycles. The van der Waals surface area contributed by atoms with Crippen molar-refractivity contribution in [3.05, 3.63) is 35.9 Å². The third kappa shape index (κ3) is 4.40. The molecule has 7 nitrogen and oxygen atoms in total. The molecule has 1 heterocycles. The van der Waals surface area contributed by atoms with E-state index in [1.165, 1.54) is 0 Å². The highest BCUT2D eigenvalue weighted by molar-refractivity contribution is 7.88. The van der Waals surface area contributed by atoms with E-state index in [-0.39, 0.29) is 24.8 Å². The van der Waals surface area contributed by atoms with Gasteiger partial charge < -0.3 is 4.52 Å². The molecule has 0 aliphatic rings. The van der Waals surface area contributed by atoms with Gasteiger partial charge in [0.2, 0.25) is 21.8 Å². The maximum absolute atomic E-state index is 11.8. The van der Waals surface area contributed by atoms with E-state index in [1.54, 1.807) is 6.92 Å². The topological polar surface area (TPSA) is 101 Å². The lowest BCUT2D eigenvalue weighted by Crippen LogP contribution is -2.26. The van der Waals surface area contributed by atoms with Crippen molar-refractivity contribution in [2.45, 2.75) is 13.3 Å². The average Bonchev–Trinajstić information content (AvgIpc) is 2.80. The van der Waals surface area contributed by atoms with E-state index in [0.29, 0.717) is 5.69 Å². The smallest absolute Gasteiger partial charge is 0.234 e. The molecule has 1 amide bonds. The first-order valence-corrected chi connectivity index (χ1v) is 8.52. The Morgan fingerprint density at radius 3 is 2.59 bits per heavy atom. The Hall–Kier alpha value is -2.19. The molecule has 0 unspecified atom stereocenters. The van der Waals surface area contributed by atoms with Crippen molar-refractivity contribution >= 4 is 21.8 Å². The van der Waals surface area contributed by atoms with Crippen molar-refractivity contribution < 1.29 is 17.7 Å². The zero-order valence-corrected chi connectivity index (χ0v) is 13.1. The van der Waals surface area contributed by atoms with E-state index in [1.807, 2.05) is 30.3 Å². The number of sulfonamides is 1. The molecule has 118 valence electrons. The van der Waals surface area contributed by atoms with Crippen LogP contribution in [-0.2, 0) is 14.8 Å². The molecule has 1 aromatic carbocycles. The van der Waals surface area contributed by atoms with Crippen LogP contribution in [0.1, 0.15) is 12.0 Å². The summed E-state index contributed by atoms with van der Waals surface area (Å²) >= 11 is 0. The highest BCUT2D eigenvalue weighted by Crippen LogP contribution is 2.27. The van der Waals surface area contributed by atoms with Crippen LogP contribution in [-0.4, -0.2) is 32.3 Å². The highest BCUT2D eigenvalue weighted by Gasteiger charge is 2.15. The summed E-state index contributed by atoms with van der Waals surface area (Å²) in [5.74, 6) is -0.0850. The third-order valence-electron chi connectivity index (χ3n) is 2.94. The summed E-state index contributed by atoms with van der Waals surface area (Å²) in [4.78, 5) is 11.8. The van der Waals surface area contributed by atoms with E-state index >= 15 is 0 Å². The van der Waals surface area contributed by atoms with Gasteiger partial charge in [-0.1, -0.05) is 35.5 Å². The number of hydrogen-bond acceptors (Lipinski definition) is 5. The number of rotatable bonds is 6. The summed E-state index contributed by atoms with van der Waals surface area (Å²) in [6.07, 6.45) is 1.05. The van der Waals surface area contributed by atoms with Gasteiger partial charge in [0.25, 0.3) is 0 Å². The van der Waals surface area contributed by atoms with Gasteiger partial charge in [-0.15, -0.1) is 0 Å². The van der Waals surface area contributed by atoms with Gasteiger partial charge >= 0.3 is 0 Å². The summed E-state index contributed by atoms with van der Waals surface area (Å²) in [6, 6.07) is 9.46. The van der Waals surface area contributed by atoms with Crippen LogP contribution < -0.4 is 10.0 Å². The van der Waals surface area contributed by atoms with E-state index in [2.05, 4.69) is 15.2 Å². The number of benzene rings is 1. The van der Waals surface area contributed by atoms with Crippen LogP contribution in [0.3, 0.4) is 0 Å². The third-order valence-corrected chi connectivity index (χ3v) is 3.67. The molecule has 0 spiro atoms. The number of carbonyl (C=O) groups excluding carboxylic acids is 1. The monoisotopic (exact) mass is 323 g/mol. The molecule has 2 aromatic rings. The minimum atomic E-state index is -3.30. The standard InChI is InChI=1S/C14H17N3O4S/c1-10-13(11-6-4-3-5-7-11)17-21-14(10)16-12(18)8-9-15-22(2,19)20/h3-7,15H,8-9H2,1-2H3,(H,16,18). The van der Waals surface area contributed by atoms with Gasteiger partial charge in [0.15, 0.2) is 0 Å². The number of hydrogen-bond donors (Lipinski definition) is 2. The maximum atomic E-state index is 11.8. The van der Waals surface area contributed by atoms with Crippen LogP contribution in [0, 0.1) is 6.92 Å². The van der Waals surface area contributed by atoms with Gasteiger partial charge in [-0.3, -0.25) is 10.1 Å².